The van der Waals surface area contributed by atoms with Crippen LogP contribution in [0, 0.1) is 13.8 Å². The number of hydrogen-bond donors (Lipinski definition) is 1. The number of nitrogens with one attached hydrogen (secondary N) is 1. The quantitative estimate of drug-likeness (QED) is 0.608. The predicted molar refractivity (Wildman–Crippen MR) is 116 cm³/mol. The molecular formula is C22H22N4O5S. The number of anilines is 2. The molecule has 32 heavy (non-hydrogen) atoms. The highest BCUT2D eigenvalue weighted by molar-refractivity contribution is 7.92. The van der Waals surface area contributed by atoms with E-state index in [-0.39, 0.29) is 24.0 Å². The summed E-state index contributed by atoms with van der Waals surface area (Å²) in [4.78, 5) is 18.4. The van der Waals surface area contributed by atoms with E-state index in [0.29, 0.717) is 34.8 Å². The Morgan fingerprint density at radius 1 is 1.16 bits per heavy atom. The van der Waals surface area contributed by atoms with Crippen molar-refractivity contribution >= 4 is 27.3 Å². The van der Waals surface area contributed by atoms with Crippen LogP contribution < -0.4 is 14.4 Å². The number of benzene rings is 2. The monoisotopic (exact) mass is 454 g/mol. The van der Waals surface area contributed by atoms with Gasteiger partial charge in [-0.05, 0) is 62.1 Å². The highest BCUT2D eigenvalue weighted by atomic mass is 32.2. The fraction of sp³-hybridized carbons (Fsp3) is 0.318. The maximum atomic E-state index is 13.1. The largest absolute Gasteiger partial charge is 0.482 e. The molecule has 1 amide bonds. The van der Waals surface area contributed by atoms with E-state index in [0.717, 1.165) is 24.0 Å². The van der Waals surface area contributed by atoms with Gasteiger partial charge in [-0.25, -0.2) is 8.42 Å². The van der Waals surface area contributed by atoms with Crippen LogP contribution in [0.15, 0.2) is 45.8 Å². The SMILES string of the molecule is Cc1ccc(C)c(NS(=O)(=O)c2ccc3c(c2)N(Cc2noc(C4CC4)n2)C(=O)CO3)c1. The van der Waals surface area contributed by atoms with Gasteiger partial charge in [0.05, 0.1) is 22.8 Å². The topological polar surface area (TPSA) is 115 Å². The van der Waals surface area contributed by atoms with E-state index in [1.54, 1.807) is 12.1 Å². The lowest BCUT2D eigenvalue weighted by molar-refractivity contribution is -0.121. The zero-order valence-corrected chi connectivity index (χ0v) is 18.5. The molecule has 1 aromatic heterocycles. The van der Waals surface area contributed by atoms with Gasteiger partial charge >= 0.3 is 0 Å². The van der Waals surface area contributed by atoms with Crippen molar-refractivity contribution in [2.24, 2.45) is 0 Å². The van der Waals surface area contributed by atoms with E-state index in [2.05, 4.69) is 14.9 Å². The zero-order valence-electron chi connectivity index (χ0n) is 17.7. The molecule has 2 aromatic carbocycles. The molecule has 10 heteroatoms. The molecule has 0 radical (unpaired) electrons. The lowest BCUT2D eigenvalue weighted by Crippen LogP contribution is -2.38. The van der Waals surface area contributed by atoms with Gasteiger partial charge in [-0.15, -0.1) is 0 Å². The Morgan fingerprint density at radius 3 is 2.75 bits per heavy atom. The number of aromatic nitrogens is 2. The van der Waals surface area contributed by atoms with Crippen molar-refractivity contribution in [1.29, 1.82) is 0 Å². The Kier molecular flexibility index (Phi) is 4.89. The van der Waals surface area contributed by atoms with E-state index in [9.17, 15) is 13.2 Å². The van der Waals surface area contributed by atoms with Crippen molar-refractivity contribution in [3.63, 3.8) is 0 Å². The van der Waals surface area contributed by atoms with Crippen molar-refractivity contribution in [2.75, 3.05) is 16.2 Å². The van der Waals surface area contributed by atoms with Gasteiger partial charge in [-0.2, -0.15) is 4.98 Å². The lowest BCUT2D eigenvalue weighted by atomic mass is 10.1. The smallest absolute Gasteiger partial charge is 0.265 e. The van der Waals surface area contributed by atoms with Crippen LogP contribution in [0.3, 0.4) is 0 Å². The number of carbonyl (C=O) groups is 1. The van der Waals surface area contributed by atoms with Gasteiger partial charge in [0.2, 0.25) is 5.89 Å². The maximum Gasteiger partial charge on any atom is 0.265 e. The standard InChI is InChI=1S/C22H22N4O5S/c1-13-3-4-14(2)17(9-13)25-32(28,29)16-7-8-19-18(10-16)26(21(27)12-30-19)11-20-23-22(31-24-20)15-5-6-15/h3-4,7-10,15,25H,5-6,11-12H2,1-2H3. The van der Waals surface area contributed by atoms with Crippen LogP contribution in [0.4, 0.5) is 11.4 Å². The van der Waals surface area contributed by atoms with Gasteiger partial charge in [0.1, 0.15) is 5.75 Å². The number of aryl methyl sites for hydroxylation is 2. The van der Waals surface area contributed by atoms with Crippen molar-refractivity contribution in [3.8, 4) is 5.75 Å². The van der Waals surface area contributed by atoms with Crippen LogP contribution in [-0.2, 0) is 21.4 Å². The second kappa shape index (κ2) is 7.63. The fourth-order valence-electron chi connectivity index (χ4n) is 3.54. The van der Waals surface area contributed by atoms with Crippen LogP contribution in [0.25, 0.3) is 0 Å². The number of amides is 1. The molecule has 1 N–H and O–H groups in total. The molecule has 1 aliphatic heterocycles. The van der Waals surface area contributed by atoms with Crippen LogP contribution in [-0.4, -0.2) is 31.1 Å². The summed E-state index contributed by atoms with van der Waals surface area (Å²) in [6.45, 7) is 3.65. The van der Waals surface area contributed by atoms with Gasteiger partial charge in [0, 0.05) is 5.92 Å². The molecule has 9 nitrogen and oxygen atoms in total. The van der Waals surface area contributed by atoms with E-state index < -0.39 is 10.0 Å². The summed E-state index contributed by atoms with van der Waals surface area (Å²) < 4.78 is 39.6. The molecule has 3 aromatic rings. The number of ether oxygens (including phenoxy) is 1. The molecule has 1 saturated carbocycles. The molecule has 1 aliphatic carbocycles. The minimum Gasteiger partial charge on any atom is -0.482 e. The molecule has 0 spiro atoms. The minimum absolute atomic E-state index is 0.0206. The van der Waals surface area contributed by atoms with Gasteiger partial charge in [-0.1, -0.05) is 17.3 Å². The molecule has 0 atom stereocenters. The molecule has 2 aliphatic rings. The van der Waals surface area contributed by atoms with E-state index in [1.807, 2.05) is 26.0 Å². The maximum absolute atomic E-state index is 13.1. The highest BCUT2D eigenvalue weighted by Gasteiger charge is 2.32. The first-order valence-electron chi connectivity index (χ1n) is 10.3. The zero-order chi connectivity index (χ0) is 22.5. The predicted octanol–water partition coefficient (Wildman–Crippen LogP) is 3.29. The summed E-state index contributed by atoms with van der Waals surface area (Å²) in [6, 6.07) is 9.99. The van der Waals surface area contributed by atoms with Crippen LogP contribution in [0.2, 0.25) is 0 Å². The molecular weight excluding hydrogens is 432 g/mol. The first kappa shape index (κ1) is 20.5. The number of hydrogen-bond acceptors (Lipinski definition) is 7. The van der Waals surface area contributed by atoms with E-state index in [1.165, 1.54) is 17.0 Å². The number of fused-ring (bicyclic) bond motifs is 1. The Labute approximate surface area is 185 Å². The highest BCUT2D eigenvalue weighted by Crippen LogP contribution is 2.39. The van der Waals surface area contributed by atoms with E-state index >= 15 is 0 Å². The third kappa shape index (κ3) is 3.93. The summed E-state index contributed by atoms with van der Waals surface area (Å²) in [5, 5.41) is 3.97. The van der Waals surface area contributed by atoms with Crippen LogP contribution >= 0.6 is 0 Å². The van der Waals surface area contributed by atoms with Crippen molar-refractivity contribution in [3.05, 3.63) is 59.2 Å². The summed E-state index contributed by atoms with van der Waals surface area (Å²) >= 11 is 0. The number of carbonyl (C=O) groups excluding carboxylic acids is 1. The fourth-order valence-corrected chi connectivity index (χ4v) is 4.68. The van der Waals surface area contributed by atoms with Gasteiger partial charge < -0.3 is 9.26 Å². The molecule has 0 bridgehead atoms. The summed E-state index contributed by atoms with van der Waals surface area (Å²) in [5.74, 6) is 1.36. The summed E-state index contributed by atoms with van der Waals surface area (Å²) in [5.41, 5.74) is 2.60. The molecule has 0 unspecified atom stereocenters. The molecule has 0 saturated heterocycles. The minimum atomic E-state index is -3.89. The Bertz CT molecular complexity index is 1310. The first-order valence-corrected chi connectivity index (χ1v) is 11.8. The van der Waals surface area contributed by atoms with Gasteiger partial charge in [-0.3, -0.25) is 14.4 Å². The Morgan fingerprint density at radius 2 is 1.97 bits per heavy atom. The third-order valence-corrected chi connectivity index (χ3v) is 6.89. The Hall–Kier alpha value is -3.40. The lowest BCUT2D eigenvalue weighted by Gasteiger charge is -2.28. The average molecular weight is 455 g/mol. The molecule has 2 heterocycles. The molecule has 1 fully saturated rings. The second-order valence-electron chi connectivity index (χ2n) is 8.15. The first-order chi connectivity index (χ1) is 15.3. The van der Waals surface area contributed by atoms with Crippen LogP contribution in [0.1, 0.15) is 41.6 Å². The summed E-state index contributed by atoms with van der Waals surface area (Å²) in [7, 11) is -3.89. The summed E-state index contributed by atoms with van der Waals surface area (Å²) in [6.07, 6.45) is 2.05. The van der Waals surface area contributed by atoms with Crippen LogP contribution in [0.5, 0.6) is 5.75 Å². The number of rotatable bonds is 6. The van der Waals surface area contributed by atoms with Crippen molar-refractivity contribution < 1.29 is 22.5 Å². The van der Waals surface area contributed by atoms with Crippen molar-refractivity contribution in [2.45, 2.75) is 44.0 Å². The average Bonchev–Trinajstić information content (AvgIpc) is 3.51. The molecule has 5 rings (SSSR count). The number of sulfonamides is 1. The van der Waals surface area contributed by atoms with Crippen molar-refractivity contribution in [1.82, 2.24) is 10.1 Å². The third-order valence-electron chi connectivity index (χ3n) is 5.53. The number of nitrogens with zero attached hydrogens (tertiary/aromatic N) is 3. The normalized spacial score (nSPS) is 15.9. The Balaban J connectivity index is 1.46. The molecule has 166 valence electrons. The van der Waals surface area contributed by atoms with E-state index in [4.69, 9.17) is 9.26 Å². The second-order valence-corrected chi connectivity index (χ2v) is 9.83. The van der Waals surface area contributed by atoms with Gasteiger partial charge in [0.25, 0.3) is 15.9 Å². The van der Waals surface area contributed by atoms with Gasteiger partial charge in [0.15, 0.2) is 12.4 Å².